The first-order valence-corrected chi connectivity index (χ1v) is 6.47. The molecule has 1 heterocycles. The number of furan rings is 1. The van der Waals surface area contributed by atoms with Crippen LogP contribution in [-0.2, 0) is 5.60 Å². The van der Waals surface area contributed by atoms with E-state index >= 15 is 0 Å². The number of aliphatic hydroxyl groups is 1. The van der Waals surface area contributed by atoms with Crippen molar-refractivity contribution in [2.75, 3.05) is 14.2 Å². The molecule has 1 unspecified atom stereocenters. The van der Waals surface area contributed by atoms with Gasteiger partial charge in [-0.05, 0) is 41.1 Å². The quantitative estimate of drug-likeness (QED) is 0.936. The molecular weight excluding hydrogens is 312 g/mol. The topological polar surface area (TPSA) is 51.8 Å². The van der Waals surface area contributed by atoms with Crippen LogP contribution in [0.5, 0.6) is 11.5 Å². The Morgan fingerprint density at radius 2 is 1.95 bits per heavy atom. The fourth-order valence-electron chi connectivity index (χ4n) is 1.98. The highest BCUT2D eigenvalue weighted by molar-refractivity contribution is 9.10. The molecule has 0 fully saturated rings. The van der Waals surface area contributed by atoms with Gasteiger partial charge in [0.15, 0.2) is 0 Å². The number of methoxy groups -OCH3 is 2. The fourth-order valence-corrected chi connectivity index (χ4v) is 2.65. The number of ether oxygens (including phenoxy) is 2. The van der Waals surface area contributed by atoms with Crippen molar-refractivity contribution in [1.82, 2.24) is 0 Å². The van der Waals surface area contributed by atoms with Gasteiger partial charge in [0.1, 0.15) is 21.6 Å². The molecular formula is C14H15BrO4. The van der Waals surface area contributed by atoms with Crippen LogP contribution >= 0.6 is 15.9 Å². The zero-order valence-corrected chi connectivity index (χ0v) is 12.5. The maximum atomic E-state index is 10.7. The lowest BCUT2D eigenvalue weighted by Crippen LogP contribution is -2.23. The van der Waals surface area contributed by atoms with Crippen molar-refractivity contribution in [3.8, 4) is 11.5 Å². The lowest BCUT2D eigenvalue weighted by atomic mass is 9.89. The van der Waals surface area contributed by atoms with Gasteiger partial charge in [-0.1, -0.05) is 0 Å². The van der Waals surface area contributed by atoms with Crippen LogP contribution in [0.25, 0.3) is 0 Å². The predicted molar refractivity (Wildman–Crippen MR) is 74.6 cm³/mol. The Morgan fingerprint density at radius 1 is 1.21 bits per heavy atom. The Balaban J connectivity index is 2.60. The van der Waals surface area contributed by atoms with Crippen LogP contribution in [0.15, 0.2) is 39.6 Å². The molecule has 1 aromatic heterocycles. The first kappa shape index (κ1) is 14.0. The summed E-state index contributed by atoms with van der Waals surface area (Å²) in [5.41, 5.74) is 0.0691. The lowest BCUT2D eigenvalue weighted by Gasteiger charge is -2.25. The molecule has 2 aromatic rings. The molecule has 4 nitrogen and oxygen atoms in total. The smallest absolute Gasteiger partial charge is 0.143 e. The molecule has 0 saturated carbocycles. The molecule has 102 valence electrons. The molecule has 0 amide bonds. The zero-order chi connectivity index (χ0) is 14.0. The van der Waals surface area contributed by atoms with Crippen LogP contribution < -0.4 is 9.47 Å². The summed E-state index contributed by atoms with van der Waals surface area (Å²) in [6, 6.07) is 5.27. The molecule has 0 spiro atoms. The summed E-state index contributed by atoms with van der Waals surface area (Å²) in [4.78, 5) is 0. The Morgan fingerprint density at radius 3 is 2.47 bits per heavy atom. The highest BCUT2D eigenvalue weighted by Crippen LogP contribution is 2.43. The molecule has 0 aliphatic carbocycles. The van der Waals surface area contributed by atoms with E-state index in [0.29, 0.717) is 27.1 Å². The second-order valence-corrected chi connectivity index (χ2v) is 5.04. The van der Waals surface area contributed by atoms with Gasteiger partial charge >= 0.3 is 0 Å². The summed E-state index contributed by atoms with van der Waals surface area (Å²) in [5, 5.41) is 10.7. The summed E-state index contributed by atoms with van der Waals surface area (Å²) in [7, 11) is 3.13. The van der Waals surface area contributed by atoms with Gasteiger partial charge in [-0.25, -0.2) is 0 Å². The van der Waals surface area contributed by atoms with E-state index in [2.05, 4.69) is 15.9 Å². The number of rotatable bonds is 4. The molecule has 0 bridgehead atoms. The average Bonchev–Trinajstić information content (AvgIpc) is 2.92. The molecule has 5 heteroatoms. The molecule has 1 N–H and O–H groups in total. The Hall–Kier alpha value is -1.46. The van der Waals surface area contributed by atoms with Gasteiger partial charge in [0.05, 0.1) is 26.7 Å². The van der Waals surface area contributed by atoms with E-state index in [1.54, 1.807) is 39.3 Å². The summed E-state index contributed by atoms with van der Waals surface area (Å²) < 4.78 is 16.3. The van der Waals surface area contributed by atoms with E-state index in [9.17, 15) is 5.11 Å². The molecule has 19 heavy (non-hydrogen) atoms. The molecule has 0 saturated heterocycles. The molecule has 0 aliphatic rings. The Kier molecular flexibility index (Phi) is 3.87. The van der Waals surface area contributed by atoms with E-state index in [0.717, 1.165) is 0 Å². The van der Waals surface area contributed by atoms with Gasteiger partial charge in [-0.2, -0.15) is 0 Å². The molecule has 1 aromatic carbocycles. The fraction of sp³-hybridized carbons (Fsp3) is 0.286. The summed E-state index contributed by atoms with van der Waals surface area (Å²) >= 11 is 3.42. The number of halogens is 1. The monoisotopic (exact) mass is 326 g/mol. The first-order chi connectivity index (χ1) is 9.02. The van der Waals surface area contributed by atoms with Crippen molar-refractivity contribution in [1.29, 1.82) is 0 Å². The minimum absolute atomic E-state index is 0.533. The highest BCUT2D eigenvalue weighted by atomic mass is 79.9. The summed E-state index contributed by atoms with van der Waals surface area (Å²) in [5.74, 6) is 1.18. The van der Waals surface area contributed by atoms with Crippen LogP contribution in [0.3, 0.4) is 0 Å². The third-order valence-electron chi connectivity index (χ3n) is 3.09. The van der Waals surface area contributed by atoms with Gasteiger partial charge in [0.2, 0.25) is 0 Å². The Labute approximate surface area is 120 Å². The third kappa shape index (κ3) is 2.35. The average molecular weight is 327 g/mol. The van der Waals surface area contributed by atoms with E-state index < -0.39 is 5.60 Å². The minimum Gasteiger partial charge on any atom is -0.495 e. The second kappa shape index (κ2) is 5.27. The van der Waals surface area contributed by atoms with Gasteiger partial charge in [0.25, 0.3) is 0 Å². The van der Waals surface area contributed by atoms with Crippen molar-refractivity contribution in [3.05, 3.63) is 46.3 Å². The first-order valence-electron chi connectivity index (χ1n) is 5.68. The maximum Gasteiger partial charge on any atom is 0.143 e. The molecule has 0 aliphatic heterocycles. The van der Waals surface area contributed by atoms with Gasteiger partial charge in [0, 0.05) is 11.1 Å². The van der Waals surface area contributed by atoms with E-state index in [1.807, 2.05) is 0 Å². The van der Waals surface area contributed by atoms with Crippen molar-refractivity contribution >= 4 is 15.9 Å². The van der Waals surface area contributed by atoms with Crippen molar-refractivity contribution in [2.24, 2.45) is 0 Å². The number of hydrogen-bond donors (Lipinski definition) is 1. The van der Waals surface area contributed by atoms with Gasteiger partial charge < -0.3 is 19.0 Å². The minimum atomic E-state index is -1.22. The highest BCUT2D eigenvalue weighted by Gasteiger charge is 2.31. The SMILES string of the molecule is COc1ccc(C(C)(O)c2ccoc2)c(OC)c1Br. The van der Waals surface area contributed by atoms with E-state index in [4.69, 9.17) is 13.9 Å². The standard InChI is InChI=1S/C14H15BrO4/c1-14(16,9-6-7-19-8-9)10-4-5-11(17-2)12(15)13(10)18-3/h4-8,16H,1-3H3. The van der Waals surface area contributed by atoms with Crippen LogP contribution in [-0.4, -0.2) is 19.3 Å². The van der Waals surface area contributed by atoms with Crippen molar-refractivity contribution in [2.45, 2.75) is 12.5 Å². The second-order valence-electron chi connectivity index (χ2n) is 4.25. The number of hydrogen-bond acceptors (Lipinski definition) is 4. The van der Waals surface area contributed by atoms with E-state index in [-0.39, 0.29) is 0 Å². The summed E-state index contributed by atoms with van der Waals surface area (Å²) in [6.07, 6.45) is 3.03. The summed E-state index contributed by atoms with van der Waals surface area (Å²) in [6.45, 7) is 1.69. The predicted octanol–water partition coefficient (Wildman–Crippen LogP) is 3.32. The van der Waals surface area contributed by atoms with Crippen LogP contribution in [0.2, 0.25) is 0 Å². The van der Waals surface area contributed by atoms with Crippen LogP contribution in [0, 0.1) is 0 Å². The lowest BCUT2D eigenvalue weighted by molar-refractivity contribution is 0.0980. The molecule has 0 radical (unpaired) electrons. The van der Waals surface area contributed by atoms with Crippen molar-refractivity contribution in [3.63, 3.8) is 0 Å². The largest absolute Gasteiger partial charge is 0.495 e. The van der Waals surface area contributed by atoms with Crippen molar-refractivity contribution < 1.29 is 19.0 Å². The van der Waals surface area contributed by atoms with Gasteiger partial charge in [-0.3, -0.25) is 0 Å². The third-order valence-corrected chi connectivity index (χ3v) is 3.84. The van der Waals surface area contributed by atoms with Crippen LogP contribution in [0.4, 0.5) is 0 Å². The normalized spacial score (nSPS) is 13.9. The Bertz CT molecular complexity index is 561. The van der Waals surface area contributed by atoms with Crippen LogP contribution in [0.1, 0.15) is 18.1 Å². The molecule has 2 rings (SSSR count). The zero-order valence-electron chi connectivity index (χ0n) is 10.9. The molecule has 1 atom stereocenters. The number of benzene rings is 1. The van der Waals surface area contributed by atoms with Gasteiger partial charge in [-0.15, -0.1) is 0 Å². The van der Waals surface area contributed by atoms with E-state index in [1.165, 1.54) is 12.5 Å². The maximum absolute atomic E-state index is 10.7.